The van der Waals surface area contributed by atoms with Gasteiger partial charge >= 0.3 is 0 Å². The fourth-order valence-electron chi connectivity index (χ4n) is 1.69. The van der Waals surface area contributed by atoms with Crippen LogP contribution in [0.25, 0.3) is 11.1 Å². The summed E-state index contributed by atoms with van der Waals surface area (Å²) in [4.78, 5) is 0. The maximum atomic E-state index is 8.75. The van der Waals surface area contributed by atoms with E-state index in [9.17, 15) is 0 Å². The Hall–Kier alpha value is -1.61. The summed E-state index contributed by atoms with van der Waals surface area (Å²) in [6.07, 6.45) is 4.63. The molecular weight excluding hydrogens is 200 g/mol. The third-order valence-corrected chi connectivity index (χ3v) is 2.53. The molecule has 16 heavy (non-hydrogen) atoms. The minimum atomic E-state index is 0.208. The molecule has 0 bridgehead atoms. The highest BCUT2D eigenvalue weighted by atomic mass is 16.3. The molecule has 0 aliphatic heterocycles. The maximum absolute atomic E-state index is 8.75. The molecule has 1 N–H and O–H groups in total. The van der Waals surface area contributed by atoms with E-state index in [1.54, 1.807) is 0 Å². The van der Waals surface area contributed by atoms with Crippen LogP contribution in [0.2, 0.25) is 0 Å². The second-order valence-electron chi connectivity index (χ2n) is 3.94. The first kappa shape index (κ1) is 10.9. The van der Waals surface area contributed by atoms with E-state index >= 15 is 0 Å². The Morgan fingerprint density at radius 3 is 2.94 bits per heavy atom. The summed E-state index contributed by atoms with van der Waals surface area (Å²) in [5.41, 5.74) is 3.57. The number of aliphatic hydroxyl groups excluding tert-OH is 1. The van der Waals surface area contributed by atoms with Crippen molar-refractivity contribution in [2.24, 2.45) is 0 Å². The van der Waals surface area contributed by atoms with Crippen LogP contribution >= 0.6 is 0 Å². The van der Waals surface area contributed by atoms with Crippen LogP contribution in [0.1, 0.15) is 12.0 Å². The Morgan fingerprint density at radius 1 is 1.31 bits per heavy atom. The molecule has 0 amide bonds. The van der Waals surface area contributed by atoms with Crippen LogP contribution in [0.4, 0.5) is 0 Å². The van der Waals surface area contributed by atoms with Crippen molar-refractivity contribution >= 4 is 0 Å². The molecule has 3 nitrogen and oxygen atoms in total. The SMILES string of the molecule is Cc1cccc(-c2cnn(CCCO)c2)c1. The third kappa shape index (κ3) is 2.49. The molecule has 1 aromatic heterocycles. The predicted molar refractivity (Wildman–Crippen MR) is 64.1 cm³/mol. The summed E-state index contributed by atoms with van der Waals surface area (Å²) in [7, 11) is 0. The van der Waals surface area contributed by atoms with Gasteiger partial charge in [0.2, 0.25) is 0 Å². The Kier molecular flexibility index (Phi) is 3.37. The van der Waals surface area contributed by atoms with Crippen LogP contribution in [0.5, 0.6) is 0 Å². The number of aryl methyl sites for hydroxylation is 2. The number of hydrogen-bond acceptors (Lipinski definition) is 2. The van der Waals surface area contributed by atoms with Crippen LogP contribution in [-0.4, -0.2) is 21.5 Å². The molecule has 0 atom stereocenters. The van der Waals surface area contributed by atoms with E-state index in [0.717, 1.165) is 18.5 Å². The van der Waals surface area contributed by atoms with E-state index in [0.29, 0.717) is 0 Å². The molecule has 0 spiro atoms. The minimum Gasteiger partial charge on any atom is -0.396 e. The quantitative estimate of drug-likeness (QED) is 0.851. The zero-order valence-corrected chi connectivity index (χ0v) is 9.43. The molecule has 1 aromatic carbocycles. The molecule has 0 fully saturated rings. The monoisotopic (exact) mass is 216 g/mol. The molecule has 2 rings (SSSR count). The van der Waals surface area contributed by atoms with Crippen molar-refractivity contribution in [1.29, 1.82) is 0 Å². The fourth-order valence-corrected chi connectivity index (χ4v) is 1.69. The molecule has 84 valence electrons. The normalized spacial score (nSPS) is 10.6. The van der Waals surface area contributed by atoms with Gasteiger partial charge in [-0.3, -0.25) is 4.68 Å². The summed E-state index contributed by atoms with van der Waals surface area (Å²) in [5, 5.41) is 13.0. The Labute approximate surface area is 95.3 Å². The number of benzene rings is 1. The molecule has 1 heterocycles. The van der Waals surface area contributed by atoms with Gasteiger partial charge in [0.25, 0.3) is 0 Å². The van der Waals surface area contributed by atoms with E-state index < -0.39 is 0 Å². The first-order valence-electron chi connectivity index (χ1n) is 5.50. The lowest BCUT2D eigenvalue weighted by Gasteiger charge is -1.99. The van der Waals surface area contributed by atoms with Crippen molar-refractivity contribution in [3.63, 3.8) is 0 Å². The van der Waals surface area contributed by atoms with Crippen LogP contribution < -0.4 is 0 Å². The van der Waals surface area contributed by atoms with Crippen molar-refractivity contribution in [2.75, 3.05) is 6.61 Å². The predicted octanol–water partition coefficient (Wildman–Crippen LogP) is 2.24. The average molecular weight is 216 g/mol. The van der Waals surface area contributed by atoms with Crippen molar-refractivity contribution in [1.82, 2.24) is 9.78 Å². The van der Waals surface area contributed by atoms with Crippen LogP contribution in [0.3, 0.4) is 0 Å². The number of aromatic nitrogens is 2. The fraction of sp³-hybridized carbons (Fsp3) is 0.308. The molecule has 2 aromatic rings. The zero-order valence-electron chi connectivity index (χ0n) is 9.43. The highest BCUT2D eigenvalue weighted by Crippen LogP contribution is 2.19. The van der Waals surface area contributed by atoms with Gasteiger partial charge in [0, 0.05) is 24.9 Å². The number of hydrogen-bond donors (Lipinski definition) is 1. The van der Waals surface area contributed by atoms with E-state index in [1.165, 1.54) is 11.1 Å². The highest BCUT2D eigenvalue weighted by molar-refractivity contribution is 5.62. The van der Waals surface area contributed by atoms with Crippen molar-refractivity contribution in [3.8, 4) is 11.1 Å². The van der Waals surface area contributed by atoms with Gasteiger partial charge in [0.1, 0.15) is 0 Å². The molecule has 0 saturated heterocycles. The summed E-state index contributed by atoms with van der Waals surface area (Å²) in [6.45, 7) is 3.06. The van der Waals surface area contributed by atoms with Gasteiger partial charge in [-0.15, -0.1) is 0 Å². The molecule has 0 unspecified atom stereocenters. The molecule has 0 aliphatic carbocycles. The summed E-state index contributed by atoms with van der Waals surface area (Å²) >= 11 is 0. The van der Waals surface area contributed by atoms with Crippen molar-refractivity contribution in [3.05, 3.63) is 42.2 Å². The lowest BCUT2D eigenvalue weighted by atomic mass is 10.1. The van der Waals surface area contributed by atoms with Crippen molar-refractivity contribution in [2.45, 2.75) is 19.9 Å². The largest absolute Gasteiger partial charge is 0.396 e. The lowest BCUT2D eigenvalue weighted by molar-refractivity contribution is 0.277. The summed E-state index contributed by atoms with van der Waals surface area (Å²) in [6, 6.07) is 8.36. The van der Waals surface area contributed by atoms with Gasteiger partial charge in [0.05, 0.1) is 6.20 Å². The zero-order chi connectivity index (χ0) is 11.4. The third-order valence-electron chi connectivity index (χ3n) is 2.53. The Morgan fingerprint density at radius 2 is 2.19 bits per heavy atom. The lowest BCUT2D eigenvalue weighted by Crippen LogP contribution is -1.99. The van der Waals surface area contributed by atoms with Gasteiger partial charge < -0.3 is 5.11 Å². The maximum Gasteiger partial charge on any atom is 0.0568 e. The van der Waals surface area contributed by atoms with Gasteiger partial charge in [-0.1, -0.05) is 29.8 Å². The van der Waals surface area contributed by atoms with E-state index in [-0.39, 0.29) is 6.61 Å². The first-order chi connectivity index (χ1) is 7.79. The van der Waals surface area contributed by atoms with Gasteiger partial charge in [-0.05, 0) is 18.9 Å². The number of nitrogens with zero attached hydrogens (tertiary/aromatic N) is 2. The summed E-state index contributed by atoms with van der Waals surface area (Å²) in [5.74, 6) is 0. The van der Waals surface area contributed by atoms with E-state index in [4.69, 9.17) is 5.11 Å². The van der Waals surface area contributed by atoms with Gasteiger partial charge in [-0.25, -0.2) is 0 Å². The molecule has 0 saturated carbocycles. The second-order valence-corrected chi connectivity index (χ2v) is 3.94. The van der Waals surface area contributed by atoms with Crippen molar-refractivity contribution < 1.29 is 5.11 Å². The molecular formula is C13H16N2O. The van der Waals surface area contributed by atoms with E-state index in [2.05, 4.69) is 36.3 Å². The molecule has 0 radical (unpaired) electrons. The summed E-state index contributed by atoms with van der Waals surface area (Å²) < 4.78 is 1.87. The standard InChI is InChI=1S/C13H16N2O/c1-11-4-2-5-12(8-11)13-9-14-15(10-13)6-3-7-16/h2,4-5,8-10,16H,3,6-7H2,1H3. The number of rotatable bonds is 4. The Balaban J connectivity index is 2.18. The topological polar surface area (TPSA) is 38.0 Å². The second kappa shape index (κ2) is 4.94. The average Bonchev–Trinajstić information content (AvgIpc) is 2.75. The van der Waals surface area contributed by atoms with Crippen LogP contribution in [0.15, 0.2) is 36.7 Å². The Bertz CT molecular complexity index is 462. The first-order valence-corrected chi connectivity index (χ1v) is 5.50. The minimum absolute atomic E-state index is 0.208. The van der Waals surface area contributed by atoms with Gasteiger partial charge in [-0.2, -0.15) is 5.10 Å². The number of aliphatic hydroxyl groups is 1. The van der Waals surface area contributed by atoms with Gasteiger partial charge in [0.15, 0.2) is 0 Å². The smallest absolute Gasteiger partial charge is 0.0568 e. The molecule has 3 heteroatoms. The highest BCUT2D eigenvalue weighted by Gasteiger charge is 2.01. The van der Waals surface area contributed by atoms with Crippen LogP contribution in [-0.2, 0) is 6.54 Å². The van der Waals surface area contributed by atoms with E-state index in [1.807, 2.05) is 17.1 Å². The molecule has 0 aliphatic rings. The van der Waals surface area contributed by atoms with Crippen LogP contribution in [0, 0.1) is 6.92 Å².